The minimum absolute atomic E-state index is 0.0426. The number of methoxy groups -OCH3 is 2. The quantitative estimate of drug-likeness (QED) is 0.785. The molecule has 2 N–H and O–H groups in total. The van der Waals surface area contributed by atoms with Gasteiger partial charge in [-0.25, -0.2) is 4.39 Å². The zero-order valence-electron chi connectivity index (χ0n) is 13.2. The molecule has 0 heterocycles. The van der Waals surface area contributed by atoms with E-state index in [0.29, 0.717) is 5.75 Å². The van der Waals surface area contributed by atoms with Crippen molar-refractivity contribution in [1.82, 2.24) is 0 Å². The van der Waals surface area contributed by atoms with Gasteiger partial charge in [0, 0.05) is 6.07 Å². The summed E-state index contributed by atoms with van der Waals surface area (Å²) in [5.74, 6) is -1.02. The number of amides is 1. The lowest BCUT2D eigenvalue weighted by atomic mass is 10.1. The van der Waals surface area contributed by atoms with E-state index in [0.717, 1.165) is 6.07 Å². The van der Waals surface area contributed by atoms with Crippen molar-refractivity contribution in [3.8, 4) is 17.2 Å². The van der Waals surface area contributed by atoms with E-state index < -0.39 is 24.1 Å². The number of carbonyl (C=O) groups excluding carboxylic acids is 2. The molecule has 6 nitrogen and oxygen atoms in total. The minimum Gasteiger partial charge on any atom is -0.497 e. The first-order valence-corrected chi connectivity index (χ1v) is 6.93. The van der Waals surface area contributed by atoms with Crippen LogP contribution in [0.1, 0.15) is 20.7 Å². The number of benzene rings is 2. The van der Waals surface area contributed by atoms with Crippen molar-refractivity contribution in [3.05, 3.63) is 53.3 Å². The van der Waals surface area contributed by atoms with Crippen LogP contribution in [0.3, 0.4) is 0 Å². The molecule has 24 heavy (non-hydrogen) atoms. The van der Waals surface area contributed by atoms with Crippen molar-refractivity contribution in [1.29, 1.82) is 0 Å². The van der Waals surface area contributed by atoms with Crippen LogP contribution in [0, 0.1) is 5.82 Å². The fourth-order valence-corrected chi connectivity index (χ4v) is 2.07. The highest BCUT2D eigenvalue weighted by Crippen LogP contribution is 2.25. The molecular formula is C17H16FNO5. The van der Waals surface area contributed by atoms with Crippen molar-refractivity contribution in [3.63, 3.8) is 0 Å². The largest absolute Gasteiger partial charge is 0.497 e. The molecule has 0 bridgehead atoms. The van der Waals surface area contributed by atoms with Crippen LogP contribution in [-0.2, 0) is 0 Å². The molecule has 0 saturated heterocycles. The molecule has 0 saturated carbocycles. The number of nitrogens with two attached hydrogens (primary N) is 1. The lowest BCUT2D eigenvalue weighted by Gasteiger charge is -2.12. The number of ether oxygens (including phenoxy) is 3. The van der Waals surface area contributed by atoms with Gasteiger partial charge in [-0.15, -0.1) is 0 Å². The summed E-state index contributed by atoms with van der Waals surface area (Å²) >= 11 is 0. The Balaban J connectivity index is 2.23. The van der Waals surface area contributed by atoms with E-state index in [2.05, 4.69) is 0 Å². The third kappa shape index (κ3) is 3.81. The van der Waals surface area contributed by atoms with Gasteiger partial charge in [-0.3, -0.25) is 9.59 Å². The van der Waals surface area contributed by atoms with E-state index in [1.165, 1.54) is 38.5 Å². The Kier molecular flexibility index (Phi) is 5.36. The van der Waals surface area contributed by atoms with E-state index in [4.69, 9.17) is 19.9 Å². The third-order valence-electron chi connectivity index (χ3n) is 3.27. The molecule has 0 radical (unpaired) electrons. The Morgan fingerprint density at radius 1 is 1.00 bits per heavy atom. The first-order valence-electron chi connectivity index (χ1n) is 6.93. The van der Waals surface area contributed by atoms with Crippen molar-refractivity contribution in [2.24, 2.45) is 5.73 Å². The van der Waals surface area contributed by atoms with Gasteiger partial charge in [-0.1, -0.05) is 0 Å². The van der Waals surface area contributed by atoms with E-state index in [-0.39, 0.29) is 22.6 Å². The van der Waals surface area contributed by atoms with Gasteiger partial charge >= 0.3 is 0 Å². The number of primary amides is 1. The minimum atomic E-state index is -0.705. The number of ketones is 1. The molecule has 0 aliphatic rings. The molecule has 0 aliphatic heterocycles. The number of hydrogen-bond acceptors (Lipinski definition) is 5. The lowest BCUT2D eigenvalue weighted by molar-refractivity contribution is 0.0908. The van der Waals surface area contributed by atoms with Crippen LogP contribution in [0.2, 0.25) is 0 Å². The molecule has 2 aromatic rings. The van der Waals surface area contributed by atoms with Crippen molar-refractivity contribution in [2.45, 2.75) is 0 Å². The molecule has 0 unspecified atom stereocenters. The molecule has 0 fully saturated rings. The number of halogens is 1. The van der Waals surface area contributed by atoms with Crippen LogP contribution in [0.25, 0.3) is 0 Å². The second kappa shape index (κ2) is 7.45. The molecule has 0 spiro atoms. The van der Waals surface area contributed by atoms with Crippen molar-refractivity contribution in [2.75, 3.05) is 20.8 Å². The van der Waals surface area contributed by atoms with Crippen molar-refractivity contribution < 1.29 is 28.2 Å². The maximum absolute atomic E-state index is 13.3. The summed E-state index contributed by atoms with van der Waals surface area (Å²) < 4.78 is 28.8. The second-order valence-corrected chi connectivity index (χ2v) is 4.78. The Labute approximate surface area is 137 Å². The molecule has 126 valence electrons. The third-order valence-corrected chi connectivity index (χ3v) is 3.27. The van der Waals surface area contributed by atoms with Crippen LogP contribution in [-0.4, -0.2) is 32.5 Å². The smallest absolute Gasteiger partial charge is 0.252 e. The van der Waals surface area contributed by atoms with Gasteiger partial charge in [0.25, 0.3) is 5.91 Å². The predicted molar refractivity (Wildman–Crippen MR) is 84.3 cm³/mol. The van der Waals surface area contributed by atoms with Crippen LogP contribution in [0.15, 0.2) is 36.4 Å². The Bertz CT molecular complexity index is 776. The van der Waals surface area contributed by atoms with E-state index in [1.54, 1.807) is 6.07 Å². The van der Waals surface area contributed by atoms with Crippen LogP contribution in [0.5, 0.6) is 17.2 Å². The highest BCUT2D eigenvalue weighted by Gasteiger charge is 2.17. The van der Waals surface area contributed by atoms with Gasteiger partial charge in [-0.2, -0.15) is 0 Å². The number of carbonyl (C=O) groups is 2. The van der Waals surface area contributed by atoms with Crippen molar-refractivity contribution >= 4 is 11.7 Å². The highest BCUT2D eigenvalue weighted by atomic mass is 19.1. The zero-order chi connectivity index (χ0) is 17.7. The standard InChI is InChI=1S/C17H16FNO5/c1-22-11-4-5-12(17(19)21)16(8-11)24-9-14(20)13-7-10(18)3-6-15(13)23-2/h3-8H,9H2,1-2H3,(H2,19,21). The summed E-state index contributed by atoms with van der Waals surface area (Å²) in [6.45, 7) is -0.423. The van der Waals surface area contributed by atoms with Gasteiger partial charge in [-0.05, 0) is 30.3 Å². The number of Topliss-reactive ketones (excluding diaryl/α,β-unsaturated/α-hetero) is 1. The normalized spacial score (nSPS) is 10.1. The zero-order valence-corrected chi connectivity index (χ0v) is 13.2. The number of hydrogen-bond donors (Lipinski definition) is 1. The fraction of sp³-hybridized carbons (Fsp3) is 0.176. The fourth-order valence-electron chi connectivity index (χ4n) is 2.07. The summed E-state index contributed by atoms with van der Waals surface area (Å²) in [6, 6.07) is 8.02. The molecule has 1 amide bonds. The first kappa shape index (κ1) is 17.3. The SMILES string of the molecule is COc1ccc(C(N)=O)c(OCC(=O)c2cc(F)ccc2OC)c1. The second-order valence-electron chi connectivity index (χ2n) is 4.78. The topological polar surface area (TPSA) is 87.9 Å². The van der Waals surface area contributed by atoms with Gasteiger partial charge in [0.05, 0.1) is 25.3 Å². The Morgan fingerprint density at radius 3 is 2.38 bits per heavy atom. The summed E-state index contributed by atoms with van der Waals surface area (Å²) in [5, 5.41) is 0. The van der Waals surface area contributed by atoms with Gasteiger partial charge in [0.1, 0.15) is 23.1 Å². The van der Waals surface area contributed by atoms with E-state index in [9.17, 15) is 14.0 Å². The molecule has 0 atom stereocenters. The van der Waals surface area contributed by atoms with E-state index in [1.807, 2.05) is 0 Å². The maximum Gasteiger partial charge on any atom is 0.252 e. The Morgan fingerprint density at radius 2 is 1.75 bits per heavy atom. The average Bonchev–Trinajstić information content (AvgIpc) is 2.59. The molecular weight excluding hydrogens is 317 g/mol. The Hall–Kier alpha value is -3.09. The number of rotatable bonds is 7. The monoisotopic (exact) mass is 333 g/mol. The average molecular weight is 333 g/mol. The molecule has 0 aromatic heterocycles. The summed E-state index contributed by atoms with van der Waals surface area (Å²) in [7, 11) is 2.82. The van der Waals surface area contributed by atoms with Gasteiger partial charge in [0.2, 0.25) is 5.78 Å². The van der Waals surface area contributed by atoms with Gasteiger partial charge in [0.15, 0.2) is 6.61 Å². The highest BCUT2D eigenvalue weighted by molar-refractivity contribution is 6.00. The van der Waals surface area contributed by atoms with Gasteiger partial charge < -0.3 is 19.9 Å². The van der Waals surface area contributed by atoms with Crippen LogP contribution in [0.4, 0.5) is 4.39 Å². The predicted octanol–water partition coefficient (Wildman–Crippen LogP) is 2.20. The molecule has 2 aromatic carbocycles. The summed E-state index contributed by atoms with van der Waals surface area (Å²) in [6.07, 6.45) is 0. The molecule has 2 rings (SSSR count). The molecule has 0 aliphatic carbocycles. The van der Waals surface area contributed by atoms with E-state index >= 15 is 0 Å². The van der Waals surface area contributed by atoms with Crippen LogP contribution < -0.4 is 19.9 Å². The first-order chi connectivity index (χ1) is 11.5. The summed E-state index contributed by atoms with van der Waals surface area (Å²) in [5.41, 5.74) is 5.42. The maximum atomic E-state index is 13.3. The molecule has 7 heteroatoms. The van der Waals surface area contributed by atoms with Crippen LogP contribution >= 0.6 is 0 Å². The lowest BCUT2D eigenvalue weighted by Crippen LogP contribution is -2.17. The summed E-state index contributed by atoms with van der Waals surface area (Å²) in [4.78, 5) is 23.7.